The third kappa shape index (κ3) is 2.69. The number of carbonyl (C=O) groups excluding carboxylic acids is 1. The molecule has 5 rings (SSSR count). The first-order valence-corrected chi connectivity index (χ1v) is 8.69. The van der Waals surface area contributed by atoms with Crippen LogP contribution in [0.3, 0.4) is 0 Å². The molecule has 0 spiro atoms. The van der Waals surface area contributed by atoms with E-state index in [0.29, 0.717) is 35.8 Å². The van der Waals surface area contributed by atoms with Crippen LogP contribution in [0.15, 0.2) is 47.0 Å². The molecular weight excluding hydrogens is 370 g/mol. The van der Waals surface area contributed by atoms with Gasteiger partial charge in [0.15, 0.2) is 17.3 Å². The molecule has 6 nitrogen and oxygen atoms in total. The van der Waals surface area contributed by atoms with Gasteiger partial charge in [-0.1, -0.05) is 5.16 Å². The van der Waals surface area contributed by atoms with E-state index in [0.717, 1.165) is 17.7 Å². The number of nitrogens with zero attached hydrogens (tertiary/aromatic N) is 1. The molecule has 142 valence electrons. The summed E-state index contributed by atoms with van der Waals surface area (Å²) in [6, 6.07) is 10.1. The lowest BCUT2D eigenvalue weighted by molar-refractivity contribution is -0.118. The summed E-state index contributed by atoms with van der Waals surface area (Å²) in [5, 5.41) is 6.58. The first-order valence-electron chi connectivity index (χ1n) is 8.69. The Kier molecular flexibility index (Phi) is 3.61. The van der Waals surface area contributed by atoms with E-state index in [1.807, 2.05) is 6.07 Å². The molecule has 0 unspecified atom stereocenters. The first kappa shape index (κ1) is 16.7. The zero-order valence-electron chi connectivity index (χ0n) is 14.5. The van der Waals surface area contributed by atoms with Crippen molar-refractivity contribution < 1.29 is 27.6 Å². The number of aromatic nitrogens is 1. The predicted molar refractivity (Wildman–Crippen MR) is 94.0 cm³/mol. The summed E-state index contributed by atoms with van der Waals surface area (Å²) in [7, 11) is 0. The third-order valence-corrected chi connectivity index (χ3v) is 5.02. The number of anilines is 1. The van der Waals surface area contributed by atoms with Crippen molar-refractivity contribution in [2.75, 3.05) is 12.1 Å². The fourth-order valence-corrected chi connectivity index (χ4v) is 3.24. The first-order chi connectivity index (χ1) is 13.5. The van der Waals surface area contributed by atoms with Gasteiger partial charge in [0.2, 0.25) is 12.7 Å². The minimum atomic E-state index is -0.876. The number of rotatable bonds is 4. The maximum Gasteiger partial charge on any atom is 0.236 e. The van der Waals surface area contributed by atoms with Gasteiger partial charge in [-0.3, -0.25) is 4.79 Å². The molecule has 1 saturated carbocycles. The van der Waals surface area contributed by atoms with Gasteiger partial charge in [-0.25, -0.2) is 8.78 Å². The number of fused-ring (bicyclic) bond motifs is 1. The molecule has 0 atom stereocenters. The van der Waals surface area contributed by atoms with Crippen LogP contribution in [0, 0.1) is 11.6 Å². The van der Waals surface area contributed by atoms with E-state index in [9.17, 15) is 13.6 Å². The van der Waals surface area contributed by atoms with Crippen LogP contribution in [0.25, 0.3) is 11.3 Å². The van der Waals surface area contributed by atoms with Crippen LogP contribution in [-0.2, 0) is 10.2 Å². The lowest BCUT2D eigenvalue weighted by Gasteiger charge is -2.13. The third-order valence-electron chi connectivity index (χ3n) is 5.02. The molecule has 1 aromatic heterocycles. The second-order valence-electron chi connectivity index (χ2n) is 6.80. The van der Waals surface area contributed by atoms with Gasteiger partial charge in [0.25, 0.3) is 0 Å². The van der Waals surface area contributed by atoms with E-state index in [-0.39, 0.29) is 12.5 Å². The number of halogens is 2. The molecule has 0 bridgehead atoms. The van der Waals surface area contributed by atoms with Gasteiger partial charge in [0.05, 0.1) is 16.8 Å². The highest BCUT2D eigenvalue weighted by atomic mass is 19.1. The summed E-state index contributed by atoms with van der Waals surface area (Å²) in [6.45, 7) is 0.170. The van der Waals surface area contributed by atoms with Gasteiger partial charge >= 0.3 is 0 Å². The van der Waals surface area contributed by atoms with Crippen LogP contribution in [-0.4, -0.2) is 17.9 Å². The van der Waals surface area contributed by atoms with Gasteiger partial charge in [0, 0.05) is 17.7 Å². The standard InChI is InChI=1S/C20H14F2N2O4/c21-12-2-3-14(13(22)8-12)23-19(25)20(5-6-20)18-9-16(28-24-18)11-1-4-15-17(7-11)27-10-26-15/h1-4,7-9H,5-6,10H2,(H,23,25). The molecule has 1 fully saturated rings. The van der Waals surface area contributed by atoms with E-state index in [4.69, 9.17) is 14.0 Å². The summed E-state index contributed by atoms with van der Waals surface area (Å²) in [5.41, 5.74) is 0.264. The highest BCUT2D eigenvalue weighted by Crippen LogP contribution is 2.49. The summed E-state index contributed by atoms with van der Waals surface area (Å²) < 4.78 is 43.0. The number of nitrogens with one attached hydrogen (secondary N) is 1. The van der Waals surface area contributed by atoms with Gasteiger partial charge in [0.1, 0.15) is 11.6 Å². The average Bonchev–Trinajstić information content (AvgIpc) is 3.13. The van der Waals surface area contributed by atoms with Crippen LogP contribution < -0.4 is 14.8 Å². The number of hydrogen-bond donors (Lipinski definition) is 1. The Morgan fingerprint density at radius 1 is 1.04 bits per heavy atom. The Hall–Kier alpha value is -3.42. The largest absolute Gasteiger partial charge is 0.454 e. The second-order valence-corrected chi connectivity index (χ2v) is 6.80. The topological polar surface area (TPSA) is 73.6 Å². The molecule has 2 heterocycles. The average molecular weight is 384 g/mol. The zero-order chi connectivity index (χ0) is 19.3. The predicted octanol–water partition coefficient (Wildman–Crippen LogP) is 4.02. The maximum atomic E-state index is 13.8. The van der Waals surface area contributed by atoms with Crippen molar-refractivity contribution in [1.29, 1.82) is 0 Å². The molecule has 28 heavy (non-hydrogen) atoms. The van der Waals surface area contributed by atoms with Crippen LogP contribution in [0.2, 0.25) is 0 Å². The molecule has 2 aliphatic rings. The number of amides is 1. The Bertz CT molecular complexity index is 1090. The molecule has 1 N–H and O–H groups in total. The van der Waals surface area contributed by atoms with Crippen molar-refractivity contribution >= 4 is 11.6 Å². The Morgan fingerprint density at radius 3 is 2.64 bits per heavy atom. The van der Waals surface area contributed by atoms with Crippen molar-refractivity contribution in [3.8, 4) is 22.8 Å². The quantitative estimate of drug-likeness (QED) is 0.736. The van der Waals surface area contributed by atoms with E-state index < -0.39 is 23.0 Å². The molecule has 1 aliphatic heterocycles. The lowest BCUT2D eigenvalue weighted by atomic mass is 10.00. The van der Waals surface area contributed by atoms with Crippen molar-refractivity contribution in [2.24, 2.45) is 0 Å². The van der Waals surface area contributed by atoms with Crippen LogP contribution in [0.4, 0.5) is 14.5 Å². The minimum Gasteiger partial charge on any atom is -0.454 e. The van der Waals surface area contributed by atoms with Crippen LogP contribution in [0.1, 0.15) is 18.5 Å². The number of hydrogen-bond acceptors (Lipinski definition) is 5. The van der Waals surface area contributed by atoms with Gasteiger partial charge < -0.3 is 19.3 Å². The summed E-state index contributed by atoms with van der Waals surface area (Å²) >= 11 is 0. The van der Waals surface area contributed by atoms with E-state index in [1.165, 1.54) is 6.07 Å². The number of ether oxygens (including phenoxy) is 2. The van der Waals surface area contributed by atoms with Gasteiger partial charge in [-0.05, 0) is 43.2 Å². The van der Waals surface area contributed by atoms with E-state index in [1.54, 1.807) is 18.2 Å². The Balaban J connectivity index is 1.39. The smallest absolute Gasteiger partial charge is 0.236 e. The monoisotopic (exact) mass is 384 g/mol. The van der Waals surface area contributed by atoms with Gasteiger partial charge in [-0.2, -0.15) is 0 Å². The Morgan fingerprint density at radius 2 is 1.86 bits per heavy atom. The molecule has 1 amide bonds. The lowest BCUT2D eigenvalue weighted by Crippen LogP contribution is -2.28. The van der Waals surface area contributed by atoms with Crippen molar-refractivity contribution in [2.45, 2.75) is 18.3 Å². The number of benzene rings is 2. The van der Waals surface area contributed by atoms with Crippen LogP contribution >= 0.6 is 0 Å². The second kappa shape index (κ2) is 6.05. The normalized spacial score (nSPS) is 16.1. The van der Waals surface area contributed by atoms with Crippen molar-refractivity contribution in [3.05, 3.63) is 59.8 Å². The van der Waals surface area contributed by atoms with Crippen molar-refractivity contribution in [3.63, 3.8) is 0 Å². The zero-order valence-corrected chi connectivity index (χ0v) is 14.5. The highest BCUT2D eigenvalue weighted by Gasteiger charge is 2.54. The highest BCUT2D eigenvalue weighted by molar-refractivity contribution is 6.01. The van der Waals surface area contributed by atoms with Crippen molar-refractivity contribution in [1.82, 2.24) is 5.16 Å². The SMILES string of the molecule is O=C(Nc1ccc(F)cc1F)C1(c2cc(-c3ccc4c(c3)OCO4)on2)CC1. The number of carbonyl (C=O) groups is 1. The molecule has 0 radical (unpaired) electrons. The van der Waals surface area contributed by atoms with Gasteiger partial charge in [-0.15, -0.1) is 0 Å². The maximum absolute atomic E-state index is 13.8. The minimum absolute atomic E-state index is 0.0721. The fraction of sp³-hybridized carbons (Fsp3) is 0.200. The fourth-order valence-electron chi connectivity index (χ4n) is 3.24. The van der Waals surface area contributed by atoms with E-state index >= 15 is 0 Å². The molecular formula is C20H14F2N2O4. The molecule has 3 aromatic rings. The molecule has 1 aliphatic carbocycles. The molecule has 2 aromatic carbocycles. The Labute approximate surface area is 158 Å². The summed E-state index contributed by atoms with van der Waals surface area (Å²) in [5.74, 6) is -0.181. The van der Waals surface area contributed by atoms with Crippen LogP contribution in [0.5, 0.6) is 11.5 Å². The summed E-state index contributed by atoms with van der Waals surface area (Å²) in [4.78, 5) is 12.7. The van der Waals surface area contributed by atoms with E-state index in [2.05, 4.69) is 10.5 Å². The molecule has 8 heteroatoms. The summed E-state index contributed by atoms with van der Waals surface area (Å²) in [6.07, 6.45) is 1.13. The molecule has 0 saturated heterocycles.